The average Bonchev–Trinajstić information content (AvgIpc) is 2.86. The van der Waals surface area contributed by atoms with Gasteiger partial charge in [-0.15, -0.1) is 0 Å². The van der Waals surface area contributed by atoms with Crippen LogP contribution in [-0.4, -0.2) is 5.78 Å². The summed E-state index contributed by atoms with van der Waals surface area (Å²) in [6.07, 6.45) is 4.32. The predicted molar refractivity (Wildman–Crippen MR) is 96.7 cm³/mol. The third-order valence-electron chi connectivity index (χ3n) is 5.49. The van der Waals surface area contributed by atoms with Crippen molar-refractivity contribution in [2.45, 2.75) is 61.3 Å². The number of carbonyl (C=O) groups is 1. The molecule has 2 unspecified atom stereocenters. The van der Waals surface area contributed by atoms with E-state index in [1.807, 2.05) is 45.9 Å². The van der Waals surface area contributed by atoms with Gasteiger partial charge in [-0.05, 0) is 41.4 Å². The Hall–Kier alpha value is -1.37. The summed E-state index contributed by atoms with van der Waals surface area (Å²) < 4.78 is 0. The van der Waals surface area contributed by atoms with Crippen LogP contribution in [0.1, 0.15) is 66.9 Å². The first kappa shape index (κ1) is 18.7. The number of hydrogen-bond donors (Lipinski definition) is 0. The SMILES string of the molecule is CC.CC.CC12CCC(/C(=C\c3ccccc3)C1=O)C2(C)C. The summed E-state index contributed by atoms with van der Waals surface area (Å²) in [5, 5.41) is 0. The molecule has 0 amide bonds. The Bertz CT molecular complexity index is 524. The van der Waals surface area contributed by atoms with Crippen LogP contribution in [0.5, 0.6) is 0 Å². The number of hydrogen-bond acceptors (Lipinski definition) is 1. The van der Waals surface area contributed by atoms with Gasteiger partial charge in [0.1, 0.15) is 0 Å². The topological polar surface area (TPSA) is 17.1 Å². The average molecular weight is 300 g/mol. The Morgan fingerprint density at radius 1 is 1.00 bits per heavy atom. The van der Waals surface area contributed by atoms with Crippen LogP contribution >= 0.6 is 0 Å². The van der Waals surface area contributed by atoms with Gasteiger partial charge in [-0.3, -0.25) is 4.79 Å². The molecule has 2 saturated carbocycles. The maximum Gasteiger partial charge on any atom is 0.165 e. The third-order valence-corrected chi connectivity index (χ3v) is 5.49. The minimum absolute atomic E-state index is 0.116. The van der Waals surface area contributed by atoms with Crippen molar-refractivity contribution in [2.75, 3.05) is 0 Å². The molecule has 1 aromatic rings. The van der Waals surface area contributed by atoms with E-state index in [0.29, 0.717) is 11.7 Å². The standard InChI is InChI=1S/C17H20O.2C2H6/c1-16(2)14-9-10-17(16,3)15(18)13(14)11-12-7-5-4-6-8-12;2*1-2/h4-8,11,14H,9-10H2,1-3H3;2*1-2H3/b13-11+;;. The Kier molecular flexibility index (Phi) is 6.17. The summed E-state index contributed by atoms with van der Waals surface area (Å²) in [6, 6.07) is 10.2. The molecule has 0 N–H and O–H groups in total. The zero-order chi connectivity index (χ0) is 17.0. The van der Waals surface area contributed by atoms with E-state index < -0.39 is 0 Å². The molecule has 3 rings (SSSR count). The van der Waals surface area contributed by atoms with Crippen molar-refractivity contribution < 1.29 is 4.79 Å². The molecule has 1 heteroatoms. The quantitative estimate of drug-likeness (QED) is 0.569. The molecule has 0 radical (unpaired) electrons. The van der Waals surface area contributed by atoms with Crippen molar-refractivity contribution >= 4 is 11.9 Å². The van der Waals surface area contributed by atoms with Gasteiger partial charge in [0.25, 0.3) is 0 Å². The molecule has 0 saturated heterocycles. The second kappa shape index (κ2) is 7.26. The van der Waals surface area contributed by atoms with Crippen LogP contribution in [0.4, 0.5) is 0 Å². The van der Waals surface area contributed by atoms with E-state index in [1.165, 1.54) is 0 Å². The molecule has 0 aliphatic heterocycles. The van der Waals surface area contributed by atoms with Crippen LogP contribution in [-0.2, 0) is 4.79 Å². The largest absolute Gasteiger partial charge is 0.294 e. The van der Waals surface area contributed by atoms with Crippen molar-refractivity contribution in [1.29, 1.82) is 0 Å². The molecule has 2 atom stereocenters. The Morgan fingerprint density at radius 3 is 2.00 bits per heavy atom. The van der Waals surface area contributed by atoms with Gasteiger partial charge in [0, 0.05) is 5.41 Å². The third kappa shape index (κ3) is 2.78. The van der Waals surface area contributed by atoms with Crippen LogP contribution in [0.15, 0.2) is 35.9 Å². The monoisotopic (exact) mass is 300 g/mol. The fraction of sp³-hybridized carbons (Fsp3) is 0.571. The van der Waals surface area contributed by atoms with E-state index in [-0.39, 0.29) is 10.8 Å². The van der Waals surface area contributed by atoms with Crippen molar-refractivity contribution in [3.8, 4) is 0 Å². The van der Waals surface area contributed by atoms with Crippen molar-refractivity contribution in [3.05, 3.63) is 41.5 Å². The molecule has 2 aliphatic rings. The van der Waals surface area contributed by atoms with Crippen LogP contribution in [0.2, 0.25) is 0 Å². The molecule has 2 fully saturated rings. The normalized spacial score (nSPS) is 29.5. The molecule has 0 spiro atoms. The number of ketones is 1. The minimum atomic E-state index is -0.141. The number of carbonyl (C=O) groups excluding carboxylic acids is 1. The second-order valence-electron chi connectivity index (χ2n) is 6.48. The highest BCUT2D eigenvalue weighted by atomic mass is 16.1. The lowest BCUT2D eigenvalue weighted by molar-refractivity contribution is -0.125. The van der Waals surface area contributed by atoms with Gasteiger partial charge in [-0.2, -0.15) is 0 Å². The summed E-state index contributed by atoms with van der Waals surface area (Å²) in [4.78, 5) is 12.6. The summed E-state index contributed by atoms with van der Waals surface area (Å²) in [7, 11) is 0. The highest BCUT2D eigenvalue weighted by Gasteiger charge is 2.63. The van der Waals surface area contributed by atoms with Gasteiger partial charge in [0.2, 0.25) is 0 Å². The maximum absolute atomic E-state index is 12.6. The summed E-state index contributed by atoms with van der Waals surface area (Å²) in [5.74, 6) is 0.822. The maximum atomic E-state index is 12.6. The lowest BCUT2D eigenvalue weighted by Gasteiger charge is -2.31. The summed E-state index contributed by atoms with van der Waals surface area (Å²) >= 11 is 0. The van der Waals surface area contributed by atoms with Gasteiger partial charge in [0.05, 0.1) is 0 Å². The molecule has 2 aliphatic carbocycles. The summed E-state index contributed by atoms with van der Waals surface area (Å²) in [6.45, 7) is 14.7. The van der Waals surface area contributed by atoms with Crippen molar-refractivity contribution in [3.63, 3.8) is 0 Å². The first-order chi connectivity index (χ1) is 10.5. The predicted octanol–water partition coefficient (Wildman–Crippen LogP) is 6.15. The van der Waals surface area contributed by atoms with Crippen LogP contribution in [0.3, 0.4) is 0 Å². The van der Waals surface area contributed by atoms with E-state index in [2.05, 4.69) is 39.0 Å². The zero-order valence-corrected chi connectivity index (χ0v) is 15.4. The van der Waals surface area contributed by atoms with Gasteiger partial charge < -0.3 is 0 Å². The Balaban J connectivity index is 0.000000561. The molecule has 0 aromatic heterocycles. The first-order valence-electron chi connectivity index (χ1n) is 8.78. The highest BCUT2D eigenvalue weighted by Crippen LogP contribution is 2.65. The molecular weight excluding hydrogens is 268 g/mol. The van der Waals surface area contributed by atoms with Crippen molar-refractivity contribution in [1.82, 2.24) is 0 Å². The lowest BCUT2D eigenvalue weighted by atomic mass is 9.70. The fourth-order valence-corrected chi connectivity index (χ4v) is 3.82. The van der Waals surface area contributed by atoms with Gasteiger partial charge in [-0.1, -0.05) is 78.8 Å². The highest BCUT2D eigenvalue weighted by molar-refractivity contribution is 6.07. The Morgan fingerprint density at radius 2 is 1.55 bits per heavy atom. The zero-order valence-electron chi connectivity index (χ0n) is 15.4. The minimum Gasteiger partial charge on any atom is -0.294 e. The smallest absolute Gasteiger partial charge is 0.165 e. The second-order valence-corrected chi connectivity index (χ2v) is 6.48. The molecule has 2 bridgehead atoms. The van der Waals surface area contributed by atoms with Crippen LogP contribution < -0.4 is 0 Å². The molecule has 122 valence electrons. The number of allylic oxidation sites excluding steroid dienone is 1. The number of fused-ring (bicyclic) bond motifs is 2. The van der Waals surface area contributed by atoms with Gasteiger partial charge in [-0.25, -0.2) is 0 Å². The number of rotatable bonds is 1. The molecule has 1 nitrogen and oxygen atoms in total. The molecular formula is C21H32O. The summed E-state index contributed by atoms with van der Waals surface area (Å²) in [5.41, 5.74) is 2.18. The van der Waals surface area contributed by atoms with Gasteiger partial charge in [0.15, 0.2) is 5.78 Å². The van der Waals surface area contributed by atoms with Crippen molar-refractivity contribution in [2.24, 2.45) is 16.7 Å². The molecule has 0 heterocycles. The van der Waals surface area contributed by atoms with E-state index in [4.69, 9.17) is 0 Å². The fourth-order valence-electron chi connectivity index (χ4n) is 3.82. The lowest BCUT2D eigenvalue weighted by Crippen LogP contribution is -2.32. The van der Waals surface area contributed by atoms with E-state index in [9.17, 15) is 4.79 Å². The van der Waals surface area contributed by atoms with Crippen LogP contribution in [0.25, 0.3) is 6.08 Å². The van der Waals surface area contributed by atoms with Gasteiger partial charge >= 0.3 is 0 Å². The van der Waals surface area contributed by atoms with E-state index >= 15 is 0 Å². The van der Waals surface area contributed by atoms with Crippen LogP contribution in [0, 0.1) is 16.7 Å². The molecule has 1 aromatic carbocycles. The first-order valence-corrected chi connectivity index (χ1v) is 8.78. The molecule has 22 heavy (non-hydrogen) atoms. The number of Topliss-reactive ketones (excluding diaryl/α,β-unsaturated/α-hetero) is 1. The Labute approximate surface area is 136 Å². The van der Waals surface area contributed by atoms with E-state index in [0.717, 1.165) is 24.0 Å². The van der Waals surface area contributed by atoms with E-state index in [1.54, 1.807) is 0 Å². The number of benzene rings is 1.